The normalized spacial score (nSPS) is 10.4. The van der Waals surface area contributed by atoms with Gasteiger partial charge < -0.3 is 14.8 Å². The van der Waals surface area contributed by atoms with Crippen LogP contribution in [0.1, 0.15) is 5.56 Å². The Morgan fingerprint density at radius 3 is 2.52 bits per heavy atom. The Morgan fingerprint density at radius 1 is 1.07 bits per heavy atom. The highest BCUT2D eigenvalue weighted by Gasteiger charge is 2.08. The first kappa shape index (κ1) is 20.1. The number of rotatable bonds is 8. The highest BCUT2D eigenvalue weighted by molar-refractivity contribution is 5.79. The summed E-state index contributed by atoms with van der Waals surface area (Å²) in [5.74, 6) is 1.29. The van der Waals surface area contributed by atoms with Crippen LogP contribution in [0.3, 0.4) is 0 Å². The summed E-state index contributed by atoms with van der Waals surface area (Å²) in [6.07, 6.45) is 1.71. The molecule has 0 unspecified atom stereocenters. The van der Waals surface area contributed by atoms with Gasteiger partial charge in [0, 0.05) is 30.3 Å². The van der Waals surface area contributed by atoms with E-state index in [1.807, 2.05) is 48.5 Å². The maximum Gasteiger partial charge on any atom is 0.253 e. The van der Waals surface area contributed by atoms with Gasteiger partial charge in [-0.2, -0.15) is 0 Å². The van der Waals surface area contributed by atoms with Crippen LogP contribution < -0.4 is 20.3 Å². The van der Waals surface area contributed by atoms with Gasteiger partial charge in [-0.15, -0.1) is 0 Å². The number of carbonyl (C=O) groups is 1. The van der Waals surface area contributed by atoms with Crippen LogP contribution in [0.25, 0.3) is 11.3 Å². The Bertz CT molecular complexity index is 1030. The quantitative estimate of drug-likeness (QED) is 0.635. The van der Waals surface area contributed by atoms with Gasteiger partial charge in [0.15, 0.2) is 0 Å². The molecule has 1 heterocycles. The van der Waals surface area contributed by atoms with Gasteiger partial charge in [-0.1, -0.05) is 18.2 Å². The molecule has 0 aliphatic rings. The minimum absolute atomic E-state index is 0.134. The number of carbonyl (C=O) groups excluding carboxylic acids is 1. The minimum atomic E-state index is -0.176. The zero-order valence-corrected chi connectivity index (χ0v) is 16.4. The second kappa shape index (κ2) is 9.54. The Kier molecular flexibility index (Phi) is 6.63. The van der Waals surface area contributed by atoms with Gasteiger partial charge in [-0.05, 0) is 30.3 Å². The summed E-state index contributed by atoms with van der Waals surface area (Å²) in [6, 6.07) is 16.2. The van der Waals surface area contributed by atoms with Crippen molar-refractivity contribution in [1.29, 1.82) is 0 Å². The second-order valence-corrected chi connectivity index (χ2v) is 6.37. The molecule has 0 fully saturated rings. The third-order valence-corrected chi connectivity index (χ3v) is 4.48. The van der Waals surface area contributed by atoms with E-state index in [-0.39, 0.29) is 17.9 Å². The molecule has 0 spiro atoms. The summed E-state index contributed by atoms with van der Waals surface area (Å²) < 4.78 is 11.9. The molecule has 3 rings (SSSR count). The van der Waals surface area contributed by atoms with Gasteiger partial charge in [0.2, 0.25) is 5.91 Å². The maximum atomic E-state index is 12.4. The fourth-order valence-electron chi connectivity index (χ4n) is 2.91. The molecule has 29 heavy (non-hydrogen) atoms. The number of nitrogens with one attached hydrogen (secondary N) is 1. The van der Waals surface area contributed by atoms with E-state index in [1.54, 1.807) is 14.2 Å². The summed E-state index contributed by atoms with van der Waals surface area (Å²) in [5, 5.41) is 2.82. The van der Waals surface area contributed by atoms with Crippen LogP contribution in [0.4, 0.5) is 0 Å². The van der Waals surface area contributed by atoms with Gasteiger partial charge in [0.1, 0.15) is 11.5 Å². The zero-order chi connectivity index (χ0) is 20.6. The van der Waals surface area contributed by atoms with Crippen molar-refractivity contribution in [3.05, 3.63) is 76.8 Å². The van der Waals surface area contributed by atoms with Crippen LogP contribution in [0.15, 0.2) is 65.7 Å². The summed E-state index contributed by atoms with van der Waals surface area (Å²) in [7, 11) is 3.18. The second-order valence-electron chi connectivity index (χ2n) is 6.37. The molecule has 0 aliphatic carbocycles. The van der Waals surface area contributed by atoms with Crippen molar-refractivity contribution in [1.82, 2.24) is 14.9 Å². The molecule has 0 bridgehead atoms. The minimum Gasteiger partial charge on any atom is -0.497 e. The maximum absolute atomic E-state index is 12.4. The van der Waals surface area contributed by atoms with Crippen molar-refractivity contribution < 1.29 is 14.3 Å². The number of hydrogen-bond donors (Lipinski definition) is 1. The molecule has 7 heteroatoms. The first-order valence-corrected chi connectivity index (χ1v) is 9.20. The summed E-state index contributed by atoms with van der Waals surface area (Å²) in [6.45, 7) is 0.670. The third-order valence-electron chi connectivity index (χ3n) is 4.48. The highest BCUT2D eigenvalue weighted by atomic mass is 16.5. The molecule has 1 amide bonds. The predicted molar refractivity (Wildman–Crippen MR) is 110 cm³/mol. The molecule has 0 radical (unpaired) electrons. The first-order valence-electron chi connectivity index (χ1n) is 9.20. The number of benzene rings is 2. The monoisotopic (exact) mass is 393 g/mol. The molecule has 0 atom stereocenters. The number of aromatic nitrogens is 2. The van der Waals surface area contributed by atoms with E-state index in [1.165, 1.54) is 17.0 Å². The number of hydrogen-bond acceptors (Lipinski definition) is 5. The zero-order valence-electron chi connectivity index (χ0n) is 16.4. The van der Waals surface area contributed by atoms with Crippen LogP contribution in [-0.4, -0.2) is 36.2 Å². The topological polar surface area (TPSA) is 82.5 Å². The van der Waals surface area contributed by atoms with E-state index >= 15 is 0 Å². The van der Waals surface area contributed by atoms with Crippen LogP contribution in [-0.2, 0) is 17.8 Å². The fourth-order valence-corrected chi connectivity index (χ4v) is 2.91. The van der Waals surface area contributed by atoms with Crippen molar-refractivity contribution in [2.75, 3.05) is 20.8 Å². The van der Waals surface area contributed by atoms with Gasteiger partial charge in [0.05, 0.1) is 32.7 Å². The van der Waals surface area contributed by atoms with Gasteiger partial charge in [-0.3, -0.25) is 14.2 Å². The van der Waals surface area contributed by atoms with E-state index in [2.05, 4.69) is 10.3 Å². The summed E-state index contributed by atoms with van der Waals surface area (Å²) >= 11 is 0. The van der Waals surface area contributed by atoms with E-state index < -0.39 is 0 Å². The van der Waals surface area contributed by atoms with Crippen LogP contribution in [0, 0.1) is 0 Å². The molecule has 150 valence electrons. The lowest BCUT2D eigenvalue weighted by molar-refractivity contribution is -0.120. The average Bonchev–Trinajstić information content (AvgIpc) is 2.75. The Balaban J connectivity index is 1.56. The van der Waals surface area contributed by atoms with E-state index in [0.717, 1.165) is 16.9 Å². The largest absolute Gasteiger partial charge is 0.497 e. The first-order chi connectivity index (χ1) is 14.1. The summed E-state index contributed by atoms with van der Waals surface area (Å²) in [5.41, 5.74) is 2.06. The fraction of sp³-hybridized carbons (Fsp3) is 0.227. The molecule has 0 saturated heterocycles. The molecular weight excluding hydrogens is 370 g/mol. The van der Waals surface area contributed by atoms with Gasteiger partial charge in [0.25, 0.3) is 5.56 Å². The Morgan fingerprint density at radius 2 is 1.83 bits per heavy atom. The molecule has 1 N–H and O–H groups in total. The number of methoxy groups -OCH3 is 2. The van der Waals surface area contributed by atoms with Crippen LogP contribution in [0.2, 0.25) is 0 Å². The van der Waals surface area contributed by atoms with Crippen LogP contribution >= 0.6 is 0 Å². The van der Waals surface area contributed by atoms with Crippen molar-refractivity contribution in [2.45, 2.75) is 13.0 Å². The molecular formula is C22H23N3O4. The molecule has 1 aromatic heterocycles. The molecule has 3 aromatic rings. The number of ether oxygens (including phenoxy) is 2. The van der Waals surface area contributed by atoms with E-state index in [0.29, 0.717) is 24.5 Å². The van der Waals surface area contributed by atoms with E-state index in [9.17, 15) is 9.59 Å². The van der Waals surface area contributed by atoms with Crippen molar-refractivity contribution in [3.8, 4) is 22.8 Å². The lowest BCUT2D eigenvalue weighted by atomic mass is 10.1. The lowest BCUT2D eigenvalue weighted by Crippen LogP contribution is -2.31. The number of para-hydroxylation sites is 1. The smallest absolute Gasteiger partial charge is 0.253 e. The highest BCUT2D eigenvalue weighted by Crippen LogP contribution is 2.19. The predicted octanol–water partition coefficient (Wildman–Crippen LogP) is 2.29. The third kappa shape index (κ3) is 5.22. The summed E-state index contributed by atoms with van der Waals surface area (Å²) in [4.78, 5) is 28.9. The standard InChI is InChI=1S/C22H23N3O4/c1-28-18-9-7-16(8-10-18)19-14-22(27)25(15-24-19)12-11-23-21(26)13-17-5-3-4-6-20(17)29-2/h3-10,14-15H,11-13H2,1-2H3,(H,23,26). The average molecular weight is 393 g/mol. The Hall–Kier alpha value is -3.61. The van der Waals surface area contributed by atoms with Gasteiger partial charge in [-0.25, -0.2) is 4.98 Å². The number of nitrogens with zero attached hydrogens (tertiary/aromatic N) is 2. The molecule has 0 saturated carbocycles. The van der Waals surface area contributed by atoms with Crippen molar-refractivity contribution in [3.63, 3.8) is 0 Å². The molecule has 2 aromatic carbocycles. The molecule has 7 nitrogen and oxygen atoms in total. The number of amides is 1. The van der Waals surface area contributed by atoms with Crippen LogP contribution in [0.5, 0.6) is 11.5 Å². The lowest BCUT2D eigenvalue weighted by Gasteiger charge is -2.10. The van der Waals surface area contributed by atoms with Crippen molar-refractivity contribution in [2.24, 2.45) is 0 Å². The Labute approximate surface area is 168 Å². The van der Waals surface area contributed by atoms with Crippen molar-refractivity contribution >= 4 is 5.91 Å². The van der Waals surface area contributed by atoms with Gasteiger partial charge >= 0.3 is 0 Å². The SMILES string of the molecule is COc1ccc(-c2cc(=O)n(CCNC(=O)Cc3ccccc3OC)cn2)cc1. The van der Waals surface area contributed by atoms with E-state index in [4.69, 9.17) is 9.47 Å². The molecule has 0 aliphatic heterocycles.